The molecule has 2 aromatic heterocycles. The summed E-state index contributed by atoms with van der Waals surface area (Å²) in [6.07, 6.45) is 1.45. The smallest absolute Gasteiger partial charge is 0.289 e. The number of para-hydroxylation sites is 1. The van der Waals surface area contributed by atoms with E-state index in [9.17, 15) is 9.90 Å². The predicted octanol–water partition coefficient (Wildman–Crippen LogP) is 3.35. The van der Waals surface area contributed by atoms with Gasteiger partial charge in [0, 0.05) is 5.56 Å². The molecule has 4 aromatic rings. The summed E-state index contributed by atoms with van der Waals surface area (Å²) in [5.74, 6) is -0.291. The van der Waals surface area contributed by atoms with Crippen molar-refractivity contribution in [3.63, 3.8) is 0 Å². The fourth-order valence-electron chi connectivity index (χ4n) is 3.23. The van der Waals surface area contributed by atoms with Crippen molar-refractivity contribution in [2.24, 2.45) is 5.10 Å². The molecule has 150 valence electrons. The fourth-order valence-corrected chi connectivity index (χ4v) is 3.23. The molecule has 0 aliphatic rings. The monoisotopic (exact) mass is 400 g/mol. The molecule has 0 aliphatic carbocycles. The zero-order valence-electron chi connectivity index (χ0n) is 16.5. The molecule has 0 aliphatic heterocycles. The third kappa shape index (κ3) is 3.83. The van der Waals surface area contributed by atoms with Crippen LogP contribution in [0.3, 0.4) is 0 Å². The number of benzene rings is 2. The van der Waals surface area contributed by atoms with E-state index in [0.717, 1.165) is 22.6 Å². The van der Waals surface area contributed by atoms with Gasteiger partial charge in [-0.3, -0.25) is 9.89 Å². The van der Waals surface area contributed by atoms with E-state index in [4.69, 9.17) is 0 Å². The molecule has 30 heavy (non-hydrogen) atoms. The Labute approximate surface area is 172 Å². The highest BCUT2D eigenvalue weighted by molar-refractivity contribution is 5.94. The van der Waals surface area contributed by atoms with Crippen molar-refractivity contribution >= 4 is 12.1 Å². The molecule has 0 atom stereocenters. The number of phenolic OH excluding ortho intramolecular Hbond substituents is 1. The maximum atomic E-state index is 12.4. The highest BCUT2D eigenvalue weighted by atomic mass is 16.3. The molecule has 0 saturated carbocycles. The van der Waals surface area contributed by atoms with Gasteiger partial charge in [-0.25, -0.2) is 10.1 Å². The van der Waals surface area contributed by atoms with Crippen molar-refractivity contribution < 1.29 is 9.90 Å². The van der Waals surface area contributed by atoms with E-state index in [1.54, 1.807) is 30.3 Å². The maximum Gasteiger partial charge on any atom is 0.289 e. The van der Waals surface area contributed by atoms with Crippen molar-refractivity contribution in [2.45, 2.75) is 13.8 Å². The molecule has 0 unspecified atom stereocenters. The van der Waals surface area contributed by atoms with Crippen LogP contribution in [0.15, 0.2) is 65.8 Å². The minimum Gasteiger partial charge on any atom is -0.508 e. The Kier molecular flexibility index (Phi) is 5.13. The number of phenols is 1. The van der Waals surface area contributed by atoms with Crippen molar-refractivity contribution in [1.29, 1.82) is 0 Å². The minimum atomic E-state index is -0.420. The molecule has 8 heteroatoms. The number of carbonyl (C=O) groups excluding carboxylic acids is 1. The number of nitrogens with zero attached hydrogens (tertiary/aromatic N) is 4. The van der Waals surface area contributed by atoms with Crippen LogP contribution < -0.4 is 5.43 Å². The van der Waals surface area contributed by atoms with Crippen molar-refractivity contribution in [3.05, 3.63) is 83.3 Å². The number of hydrogen-bond donors (Lipinski definition) is 3. The van der Waals surface area contributed by atoms with Crippen molar-refractivity contribution in [2.75, 3.05) is 0 Å². The maximum absolute atomic E-state index is 12.4. The van der Waals surface area contributed by atoms with Gasteiger partial charge in [0.25, 0.3) is 5.91 Å². The standard InChI is InChI=1S/C22H20N6O2/c1-14-21(15(2)28(27-14)17-8-4-3-5-9-17)19-12-20(25-24-19)22(30)26-23-13-16-7-6-10-18(29)11-16/h3-13,29H,1-2H3,(H,24,25)(H,26,30)/b23-13+. The van der Waals surface area contributed by atoms with Gasteiger partial charge in [-0.05, 0) is 49.7 Å². The Balaban J connectivity index is 1.53. The van der Waals surface area contributed by atoms with Crippen LogP contribution in [0.5, 0.6) is 5.75 Å². The lowest BCUT2D eigenvalue weighted by Gasteiger charge is -2.04. The van der Waals surface area contributed by atoms with E-state index in [0.29, 0.717) is 11.3 Å². The lowest BCUT2D eigenvalue weighted by molar-refractivity contribution is 0.0950. The predicted molar refractivity (Wildman–Crippen MR) is 114 cm³/mol. The molecule has 8 nitrogen and oxygen atoms in total. The number of carbonyl (C=O) groups is 1. The number of amides is 1. The Morgan fingerprint density at radius 3 is 2.70 bits per heavy atom. The molecule has 4 rings (SSSR count). The van der Waals surface area contributed by atoms with Gasteiger partial charge in [-0.15, -0.1) is 0 Å². The Hall–Kier alpha value is -4.20. The minimum absolute atomic E-state index is 0.130. The van der Waals surface area contributed by atoms with Crippen LogP contribution in [0.25, 0.3) is 16.9 Å². The van der Waals surface area contributed by atoms with E-state index in [2.05, 4.69) is 25.8 Å². The second-order valence-electron chi connectivity index (χ2n) is 6.75. The largest absolute Gasteiger partial charge is 0.508 e. The van der Waals surface area contributed by atoms with Gasteiger partial charge in [0.2, 0.25) is 0 Å². The molecule has 0 spiro atoms. The SMILES string of the molecule is Cc1nn(-c2ccccc2)c(C)c1-c1cc(C(=O)N/N=C/c2cccc(O)c2)[nH]n1. The Morgan fingerprint density at radius 1 is 1.13 bits per heavy atom. The second kappa shape index (κ2) is 8.04. The normalized spacial score (nSPS) is 11.1. The molecular formula is C22H20N6O2. The van der Waals surface area contributed by atoms with E-state index in [1.165, 1.54) is 6.21 Å². The zero-order valence-corrected chi connectivity index (χ0v) is 16.5. The molecule has 2 heterocycles. The molecule has 1 amide bonds. The average molecular weight is 400 g/mol. The lowest BCUT2D eigenvalue weighted by Crippen LogP contribution is -2.17. The number of hydrazone groups is 1. The van der Waals surface area contributed by atoms with Gasteiger partial charge < -0.3 is 5.11 Å². The first-order chi connectivity index (χ1) is 14.5. The zero-order chi connectivity index (χ0) is 21.1. The first-order valence-corrected chi connectivity index (χ1v) is 9.33. The summed E-state index contributed by atoms with van der Waals surface area (Å²) in [6.45, 7) is 3.88. The van der Waals surface area contributed by atoms with Gasteiger partial charge >= 0.3 is 0 Å². The van der Waals surface area contributed by atoms with Crippen LogP contribution >= 0.6 is 0 Å². The Morgan fingerprint density at radius 2 is 1.93 bits per heavy atom. The first-order valence-electron chi connectivity index (χ1n) is 9.33. The van der Waals surface area contributed by atoms with Crippen LogP contribution in [0.1, 0.15) is 27.4 Å². The molecule has 0 radical (unpaired) electrons. The molecule has 3 N–H and O–H groups in total. The van der Waals surface area contributed by atoms with Gasteiger partial charge in [-0.1, -0.05) is 30.3 Å². The number of aromatic amines is 1. The molecular weight excluding hydrogens is 380 g/mol. The van der Waals surface area contributed by atoms with Crippen molar-refractivity contribution in [1.82, 2.24) is 25.4 Å². The Bertz CT molecular complexity index is 1220. The van der Waals surface area contributed by atoms with Crippen LogP contribution in [-0.4, -0.2) is 37.2 Å². The molecule has 2 aromatic carbocycles. The average Bonchev–Trinajstić information content (AvgIpc) is 3.33. The second-order valence-corrected chi connectivity index (χ2v) is 6.75. The van der Waals surface area contributed by atoms with Gasteiger partial charge in [-0.2, -0.15) is 15.3 Å². The van der Waals surface area contributed by atoms with Crippen LogP contribution in [0, 0.1) is 13.8 Å². The summed E-state index contributed by atoms with van der Waals surface area (Å²) >= 11 is 0. The highest BCUT2D eigenvalue weighted by Crippen LogP contribution is 2.27. The van der Waals surface area contributed by atoms with Gasteiger partial charge in [0.15, 0.2) is 0 Å². The third-order valence-electron chi connectivity index (χ3n) is 4.62. The topological polar surface area (TPSA) is 108 Å². The number of rotatable bonds is 5. The summed E-state index contributed by atoms with van der Waals surface area (Å²) in [7, 11) is 0. The van der Waals surface area contributed by atoms with Crippen LogP contribution in [0.4, 0.5) is 0 Å². The summed E-state index contributed by atoms with van der Waals surface area (Å²) in [4.78, 5) is 12.4. The summed E-state index contributed by atoms with van der Waals surface area (Å²) in [5, 5.41) is 25.0. The number of aromatic nitrogens is 4. The van der Waals surface area contributed by atoms with Gasteiger partial charge in [0.05, 0.1) is 29.0 Å². The summed E-state index contributed by atoms with van der Waals surface area (Å²) in [6, 6.07) is 18.1. The van der Waals surface area contributed by atoms with E-state index in [1.807, 2.05) is 48.9 Å². The summed E-state index contributed by atoms with van der Waals surface area (Å²) in [5.41, 5.74) is 7.61. The molecule has 0 fully saturated rings. The van der Waals surface area contributed by atoms with E-state index < -0.39 is 5.91 Å². The van der Waals surface area contributed by atoms with Crippen LogP contribution in [0.2, 0.25) is 0 Å². The first kappa shape index (κ1) is 19.1. The van der Waals surface area contributed by atoms with Crippen molar-refractivity contribution in [3.8, 4) is 22.7 Å². The molecule has 0 bridgehead atoms. The number of aryl methyl sites for hydroxylation is 1. The number of H-pyrrole nitrogens is 1. The highest BCUT2D eigenvalue weighted by Gasteiger charge is 2.18. The number of hydrogen-bond acceptors (Lipinski definition) is 5. The quantitative estimate of drug-likeness (QED) is 0.353. The van der Waals surface area contributed by atoms with E-state index >= 15 is 0 Å². The number of aromatic hydroxyl groups is 1. The molecule has 0 saturated heterocycles. The fraction of sp³-hybridized carbons (Fsp3) is 0.0909. The van der Waals surface area contributed by atoms with Crippen LogP contribution in [-0.2, 0) is 0 Å². The lowest BCUT2D eigenvalue weighted by atomic mass is 10.1. The third-order valence-corrected chi connectivity index (χ3v) is 4.62. The van der Waals surface area contributed by atoms with Gasteiger partial charge in [0.1, 0.15) is 11.4 Å². The number of nitrogens with one attached hydrogen (secondary N) is 2. The van der Waals surface area contributed by atoms with E-state index in [-0.39, 0.29) is 11.4 Å². The summed E-state index contributed by atoms with van der Waals surface area (Å²) < 4.78 is 1.86.